The zero-order chi connectivity index (χ0) is 20.2. The number of nitrogens with zero attached hydrogens (tertiary/aromatic N) is 2. The molecule has 1 aromatic rings. The Balaban J connectivity index is 2.52. The van der Waals surface area contributed by atoms with Crippen molar-refractivity contribution >= 4 is 28.1 Å². The summed E-state index contributed by atoms with van der Waals surface area (Å²) < 4.78 is 35.0. The lowest BCUT2D eigenvalue weighted by Gasteiger charge is -2.36. The van der Waals surface area contributed by atoms with Crippen molar-refractivity contribution in [2.24, 2.45) is 0 Å². The molecule has 0 aromatic carbocycles. The minimum Gasteiger partial charge on any atom is -0.473 e. The van der Waals surface area contributed by atoms with Crippen LogP contribution < -0.4 is 4.74 Å². The van der Waals surface area contributed by atoms with Crippen LogP contribution in [0.15, 0.2) is 11.2 Å². The molecule has 0 bridgehead atoms. The Morgan fingerprint density at radius 1 is 1.27 bits per heavy atom. The van der Waals surface area contributed by atoms with Crippen molar-refractivity contribution < 1.29 is 17.6 Å². The highest BCUT2D eigenvalue weighted by atomic mass is 35.7. The second-order valence-corrected chi connectivity index (χ2v) is 15.4. The van der Waals surface area contributed by atoms with Gasteiger partial charge in [-0.25, -0.2) is 18.4 Å². The van der Waals surface area contributed by atoms with Crippen LogP contribution in [0.25, 0.3) is 0 Å². The third-order valence-electron chi connectivity index (χ3n) is 4.65. The summed E-state index contributed by atoms with van der Waals surface area (Å²) in [6, 6.07) is 0. The smallest absolute Gasteiger partial charge is 0.284 e. The molecule has 6 nitrogen and oxygen atoms in total. The molecular weight excluding hydrogens is 392 g/mol. The van der Waals surface area contributed by atoms with Crippen LogP contribution >= 0.6 is 10.7 Å². The number of hydrogen-bond acceptors (Lipinski definition) is 6. The number of halogens is 1. The molecule has 0 aliphatic rings. The van der Waals surface area contributed by atoms with Gasteiger partial charge in [0.15, 0.2) is 8.32 Å². The number of rotatable bonds is 9. The molecule has 1 rings (SSSR count). The molecule has 0 fully saturated rings. The van der Waals surface area contributed by atoms with Gasteiger partial charge in [-0.3, -0.25) is 0 Å². The predicted molar refractivity (Wildman–Crippen MR) is 107 cm³/mol. The Morgan fingerprint density at radius 3 is 2.42 bits per heavy atom. The first-order valence-electron chi connectivity index (χ1n) is 8.83. The van der Waals surface area contributed by atoms with Crippen molar-refractivity contribution in [1.82, 2.24) is 9.97 Å². The number of aryl methyl sites for hydroxylation is 1. The van der Waals surface area contributed by atoms with Gasteiger partial charge in [-0.1, -0.05) is 20.8 Å². The number of aromatic nitrogens is 2. The van der Waals surface area contributed by atoms with E-state index in [0.29, 0.717) is 5.69 Å². The fraction of sp³-hybridized carbons (Fsp3) is 0.765. The maximum atomic E-state index is 11.6. The van der Waals surface area contributed by atoms with Gasteiger partial charge >= 0.3 is 0 Å². The maximum absolute atomic E-state index is 11.6. The van der Waals surface area contributed by atoms with E-state index in [-0.39, 0.29) is 22.0 Å². The fourth-order valence-corrected chi connectivity index (χ4v) is 3.90. The minimum atomic E-state index is -4.00. The van der Waals surface area contributed by atoms with Crippen LogP contribution in [-0.4, -0.2) is 39.4 Å². The fourth-order valence-electron chi connectivity index (χ4n) is 2.02. The molecule has 1 atom stereocenters. The third-order valence-corrected chi connectivity index (χ3v) is 10.4. The van der Waals surface area contributed by atoms with Crippen LogP contribution in [0.4, 0.5) is 0 Å². The molecule has 0 N–H and O–H groups in total. The van der Waals surface area contributed by atoms with Crippen molar-refractivity contribution in [2.75, 3.05) is 6.61 Å². The van der Waals surface area contributed by atoms with Gasteiger partial charge in [0.2, 0.25) is 5.03 Å². The van der Waals surface area contributed by atoms with Gasteiger partial charge in [0.05, 0.1) is 11.8 Å². The summed E-state index contributed by atoms with van der Waals surface area (Å²) >= 11 is 0. The van der Waals surface area contributed by atoms with Crippen LogP contribution in [0, 0.1) is 6.92 Å². The lowest BCUT2D eigenvalue weighted by Crippen LogP contribution is -2.40. The molecule has 1 unspecified atom stereocenters. The van der Waals surface area contributed by atoms with Gasteiger partial charge < -0.3 is 9.16 Å². The number of unbranched alkanes of at least 4 members (excludes halogenated alkanes) is 1. The predicted octanol–water partition coefficient (Wildman–Crippen LogP) is 4.67. The summed E-state index contributed by atoms with van der Waals surface area (Å²) in [5.41, 5.74) is 0.569. The van der Waals surface area contributed by atoms with E-state index in [2.05, 4.69) is 43.8 Å². The third kappa shape index (κ3) is 7.13. The van der Waals surface area contributed by atoms with E-state index >= 15 is 0 Å². The van der Waals surface area contributed by atoms with Gasteiger partial charge in [0, 0.05) is 23.5 Å². The average Bonchev–Trinajstić information content (AvgIpc) is 2.44. The summed E-state index contributed by atoms with van der Waals surface area (Å²) in [6.07, 6.45) is 3.76. The van der Waals surface area contributed by atoms with Crippen molar-refractivity contribution in [1.29, 1.82) is 0 Å². The average molecular weight is 423 g/mol. The summed E-state index contributed by atoms with van der Waals surface area (Å²) in [7, 11) is -0.304. The van der Waals surface area contributed by atoms with E-state index in [9.17, 15) is 8.42 Å². The van der Waals surface area contributed by atoms with Crippen molar-refractivity contribution in [3.63, 3.8) is 0 Å². The number of hydrogen-bond donors (Lipinski definition) is 0. The van der Waals surface area contributed by atoms with E-state index in [1.807, 2.05) is 6.92 Å². The normalized spacial score (nSPS) is 14.3. The second kappa shape index (κ2) is 8.99. The second-order valence-electron chi connectivity index (χ2n) is 8.09. The molecule has 0 spiro atoms. The van der Waals surface area contributed by atoms with E-state index < -0.39 is 17.4 Å². The van der Waals surface area contributed by atoms with Crippen LogP contribution in [0.3, 0.4) is 0 Å². The molecule has 0 radical (unpaired) electrons. The van der Waals surface area contributed by atoms with Gasteiger partial charge in [0.1, 0.15) is 0 Å². The summed E-state index contributed by atoms with van der Waals surface area (Å²) in [6.45, 7) is 15.5. The Kier molecular flexibility index (Phi) is 8.07. The highest BCUT2D eigenvalue weighted by molar-refractivity contribution is 8.13. The highest BCUT2D eigenvalue weighted by Crippen LogP contribution is 2.36. The Hall–Kier alpha value is -0.703. The van der Waals surface area contributed by atoms with Gasteiger partial charge in [-0.2, -0.15) is 0 Å². The highest BCUT2D eigenvalue weighted by Gasteiger charge is 2.36. The monoisotopic (exact) mass is 422 g/mol. The molecule has 1 heterocycles. The molecule has 9 heteroatoms. The molecule has 0 saturated heterocycles. The summed E-state index contributed by atoms with van der Waals surface area (Å²) in [4.78, 5) is 7.96. The first-order valence-corrected chi connectivity index (χ1v) is 14.0. The van der Waals surface area contributed by atoms with Crippen LogP contribution in [-0.2, 0) is 13.5 Å². The van der Waals surface area contributed by atoms with Crippen LogP contribution in [0.1, 0.15) is 52.7 Å². The quantitative estimate of drug-likeness (QED) is 0.327. The largest absolute Gasteiger partial charge is 0.473 e. The van der Waals surface area contributed by atoms with Crippen LogP contribution in [0.5, 0.6) is 5.88 Å². The molecule has 0 amide bonds. The maximum Gasteiger partial charge on any atom is 0.284 e. The van der Waals surface area contributed by atoms with Gasteiger partial charge in [0.25, 0.3) is 14.9 Å². The first-order chi connectivity index (χ1) is 11.7. The summed E-state index contributed by atoms with van der Waals surface area (Å²) in [5, 5.41) is -0.130. The van der Waals surface area contributed by atoms with Crippen molar-refractivity contribution in [3.8, 4) is 5.88 Å². The molecule has 1 aromatic heterocycles. The topological polar surface area (TPSA) is 78.4 Å². The van der Waals surface area contributed by atoms with E-state index in [1.165, 1.54) is 6.20 Å². The lowest BCUT2D eigenvalue weighted by molar-refractivity contribution is 0.185. The molecular formula is C17H31ClN2O4SSi. The lowest BCUT2D eigenvalue weighted by atomic mass is 10.2. The SMILES string of the molecule is Cc1cnc(S(=O)(=O)Cl)c(OC(C)CCCCO[Si](C)(C)C(C)(C)C)n1. The standard InChI is InChI=1S/C17H31ClN2O4SSi/c1-13-12-19-16(25(18,21)22)15(20-13)24-14(2)10-8-9-11-23-26(6,7)17(3,4)5/h12,14H,8-11H2,1-7H3. The number of ether oxygens (including phenoxy) is 1. The Bertz CT molecular complexity index is 705. The summed E-state index contributed by atoms with van der Waals surface area (Å²) in [5.74, 6) is -0.0370. The van der Waals surface area contributed by atoms with E-state index in [0.717, 1.165) is 25.9 Å². The molecule has 0 aliphatic heterocycles. The van der Waals surface area contributed by atoms with Crippen molar-refractivity contribution in [2.45, 2.75) is 83.1 Å². The van der Waals surface area contributed by atoms with E-state index in [4.69, 9.17) is 19.8 Å². The molecule has 0 saturated carbocycles. The molecule has 26 heavy (non-hydrogen) atoms. The first kappa shape index (κ1) is 23.3. The van der Waals surface area contributed by atoms with Crippen LogP contribution in [0.2, 0.25) is 18.1 Å². The van der Waals surface area contributed by atoms with E-state index in [1.54, 1.807) is 6.92 Å². The van der Waals surface area contributed by atoms with Gasteiger partial charge in [-0.05, 0) is 51.2 Å². The Morgan fingerprint density at radius 2 is 1.88 bits per heavy atom. The molecule has 150 valence electrons. The Labute approximate surface area is 163 Å². The van der Waals surface area contributed by atoms with Crippen molar-refractivity contribution in [3.05, 3.63) is 11.9 Å². The zero-order valence-electron chi connectivity index (χ0n) is 16.8. The minimum absolute atomic E-state index is 0.0370. The molecule has 0 aliphatic carbocycles. The zero-order valence-corrected chi connectivity index (χ0v) is 19.4. The van der Waals surface area contributed by atoms with Gasteiger partial charge in [-0.15, -0.1) is 0 Å².